The maximum Gasteiger partial charge on any atom is 0.0640 e. The molecular weight excluding hydrogens is 250 g/mol. The van der Waals surface area contributed by atoms with Crippen LogP contribution in [-0.2, 0) is 11.2 Å². The highest BCUT2D eigenvalue weighted by molar-refractivity contribution is 5.02. The van der Waals surface area contributed by atoms with E-state index in [-0.39, 0.29) is 0 Å². The van der Waals surface area contributed by atoms with Gasteiger partial charge in [-0.1, -0.05) is 20.8 Å². The first-order valence-corrected chi connectivity index (χ1v) is 8.01. The second-order valence-corrected chi connectivity index (χ2v) is 5.35. The fraction of sp³-hybridized carbons (Fsp3) is 0.812. The third-order valence-corrected chi connectivity index (χ3v) is 3.83. The summed E-state index contributed by atoms with van der Waals surface area (Å²) < 4.78 is 7.27. The largest absolute Gasteiger partial charge is 0.385 e. The molecule has 116 valence electrons. The number of likely N-dealkylation sites (N-methyl/N-ethyl adjacent to an activating group) is 1. The van der Waals surface area contributed by atoms with E-state index >= 15 is 0 Å². The highest BCUT2D eigenvalue weighted by Gasteiger charge is 2.12. The summed E-state index contributed by atoms with van der Waals surface area (Å²) in [5.74, 6) is 0. The van der Waals surface area contributed by atoms with E-state index in [1.165, 1.54) is 5.69 Å². The summed E-state index contributed by atoms with van der Waals surface area (Å²) in [7, 11) is 1.76. The molecule has 0 aromatic carbocycles. The zero-order valence-electron chi connectivity index (χ0n) is 13.6. The molecule has 0 aliphatic carbocycles. The Hall–Kier alpha value is -0.870. The molecule has 0 amide bonds. The number of hydrogen-bond donors (Lipinski definition) is 1. The van der Waals surface area contributed by atoms with Gasteiger partial charge >= 0.3 is 0 Å². The maximum absolute atomic E-state index is 5.14. The van der Waals surface area contributed by atoms with Crippen LogP contribution in [0.1, 0.15) is 58.2 Å². The lowest BCUT2D eigenvalue weighted by atomic mass is 10.1. The molecule has 1 atom stereocenters. The Balaban J connectivity index is 2.54. The van der Waals surface area contributed by atoms with Crippen molar-refractivity contribution in [2.75, 3.05) is 20.3 Å². The van der Waals surface area contributed by atoms with Gasteiger partial charge in [-0.3, -0.25) is 4.68 Å². The van der Waals surface area contributed by atoms with Crippen LogP contribution in [-0.4, -0.2) is 36.1 Å². The van der Waals surface area contributed by atoms with E-state index < -0.39 is 0 Å². The van der Waals surface area contributed by atoms with Crippen molar-refractivity contribution in [2.24, 2.45) is 0 Å². The molecule has 4 heteroatoms. The molecule has 1 aromatic heterocycles. The molecule has 0 bridgehead atoms. The lowest BCUT2D eigenvalue weighted by molar-refractivity contribution is 0.188. The summed E-state index contributed by atoms with van der Waals surface area (Å²) >= 11 is 0. The van der Waals surface area contributed by atoms with Crippen molar-refractivity contribution in [1.82, 2.24) is 15.1 Å². The minimum absolute atomic E-state index is 0.500. The van der Waals surface area contributed by atoms with Gasteiger partial charge in [-0.15, -0.1) is 0 Å². The Kier molecular flexibility index (Phi) is 8.54. The van der Waals surface area contributed by atoms with Crippen molar-refractivity contribution < 1.29 is 4.74 Å². The minimum atomic E-state index is 0.500. The van der Waals surface area contributed by atoms with Gasteiger partial charge < -0.3 is 10.1 Å². The molecule has 0 saturated carbocycles. The van der Waals surface area contributed by atoms with Gasteiger partial charge in [-0.2, -0.15) is 5.10 Å². The average Bonchev–Trinajstić information content (AvgIpc) is 2.89. The Bertz CT molecular complexity index is 347. The van der Waals surface area contributed by atoms with Crippen LogP contribution in [0, 0.1) is 0 Å². The standard InChI is InChI=1S/C16H31N3O/c1-5-16(6-2)19-11-10-15(18-19)13-14(17-7-3)9-8-12-20-4/h10-11,14,16-17H,5-9,12-13H2,1-4H3. The van der Waals surface area contributed by atoms with Gasteiger partial charge in [0.05, 0.1) is 11.7 Å². The number of nitrogens with zero attached hydrogens (tertiary/aromatic N) is 2. The zero-order valence-corrected chi connectivity index (χ0v) is 13.6. The number of methoxy groups -OCH3 is 1. The van der Waals surface area contributed by atoms with E-state index in [1.54, 1.807) is 7.11 Å². The van der Waals surface area contributed by atoms with Gasteiger partial charge in [0, 0.05) is 32.4 Å². The van der Waals surface area contributed by atoms with Crippen LogP contribution in [0.15, 0.2) is 12.3 Å². The highest BCUT2D eigenvalue weighted by Crippen LogP contribution is 2.15. The molecule has 0 radical (unpaired) electrons. The van der Waals surface area contributed by atoms with Gasteiger partial charge in [0.2, 0.25) is 0 Å². The monoisotopic (exact) mass is 281 g/mol. The topological polar surface area (TPSA) is 39.1 Å². The molecule has 1 aromatic rings. The summed E-state index contributed by atoms with van der Waals surface area (Å²) in [5.41, 5.74) is 1.19. The van der Waals surface area contributed by atoms with E-state index in [4.69, 9.17) is 9.84 Å². The van der Waals surface area contributed by atoms with Crippen molar-refractivity contribution in [3.05, 3.63) is 18.0 Å². The van der Waals surface area contributed by atoms with E-state index in [9.17, 15) is 0 Å². The van der Waals surface area contributed by atoms with Crippen LogP contribution >= 0.6 is 0 Å². The van der Waals surface area contributed by atoms with Crippen LogP contribution in [0.4, 0.5) is 0 Å². The quantitative estimate of drug-likeness (QED) is 0.633. The van der Waals surface area contributed by atoms with E-state index in [1.807, 2.05) is 0 Å². The van der Waals surface area contributed by atoms with E-state index in [2.05, 4.69) is 43.0 Å². The van der Waals surface area contributed by atoms with Crippen LogP contribution in [0.3, 0.4) is 0 Å². The molecule has 0 fully saturated rings. The summed E-state index contributed by atoms with van der Waals surface area (Å²) in [5, 5.41) is 8.30. The summed E-state index contributed by atoms with van der Waals surface area (Å²) in [6.45, 7) is 8.45. The van der Waals surface area contributed by atoms with Crippen LogP contribution < -0.4 is 5.32 Å². The first-order valence-electron chi connectivity index (χ1n) is 8.01. The highest BCUT2D eigenvalue weighted by atomic mass is 16.5. The molecular formula is C16H31N3O. The van der Waals surface area contributed by atoms with Crippen LogP contribution in [0.5, 0.6) is 0 Å². The predicted molar refractivity (Wildman–Crippen MR) is 84.1 cm³/mol. The minimum Gasteiger partial charge on any atom is -0.385 e. The van der Waals surface area contributed by atoms with Crippen LogP contribution in [0.2, 0.25) is 0 Å². The van der Waals surface area contributed by atoms with E-state index in [0.29, 0.717) is 12.1 Å². The normalized spacial score (nSPS) is 13.1. The fourth-order valence-corrected chi connectivity index (χ4v) is 2.64. The molecule has 4 nitrogen and oxygen atoms in total. The lowest BCUT2D eigenvalue weighted by Crippen LogP contribution is -2.31. The fourth-order valence-electron chi connectivity index (χ4n) is 2.64. The summed E-state index contributed by atoms with van der Waals surface area (Å²) in [6, 6.07) is 3.20. The second-order valence-electron chi connectivity index (χ2n) is 5.35. The van der Waals surface area contributed by atoms with Crippen molar-refractivity contribution in [2.45, 2.75) is 65.0 Å². The Labute approximate surface area is 123 Å². The summed E-state index contributed by atoms with van der Waals surface area (Å²) in [6.07, 6.45) is 7.65. The van der Waals surface area contributed by atoms with Crippen molar-refractivity contribution in [1.29, 1.82) is 0 Å². The number of ether oxygens (including phenoxy) is 1. The van der Waals surface area contributed by atoms with Crippen molar-refractivity contribution in [3.63, 3.8) is 0 Å². The predicted octanol–water partition coefficient (Wildman–Crippen LogP) is 3.19. The molecule has 20 heavy (non-hydrogen) atoms. The molecule has 1 heterocycles. The SMILES string of the molecule is CCNC(CCCOC)Cc1ccn(C(CC)CC)n1. The second kappa shape index (κ2) is 9.94. The van der Waals surface area contributed by atoms with Gasteiger partial charge in [0.15, 0.2) is 0 Å². The number of nitrogens with one attached hydrogen (secondary N) is 1. The molecule has 1 unspecified atom stereocenters. The molecule has 1 N–H and O–H groups in total. The molecule has 1 rings (SSSR count). The van der Waals surface area contributed by atoms with Crippen molar-refractivity contribution in [3.8, 4) is 0 Å². The number of rotatable bonds is 11. The van der Waals surface area contributed by atoms with E-state index in [0.717, 1.165) is 45.3 Å². The number of aromatic nitrogens is 2. The lowest BCUT2D eigenvalue weighted by Gasteiger charge is -2.17. The molecule has 0 aliphatic heterocycles. The zero-order chi connectivity index (χ0) is 14.8. The maximum atomic E-state index is 5.14. The first-order chi connectivity index (χ1) is 9.74. The van der Waals surface area contributed by atoms with Crippen molar-refractivity contribution >= 4 is 0 Å². The Morgan fingerprint density at radius 2 is 2.05 bits per heavy atom. The number of hydrogen-bond acceptors (Lipinski definition) is 3. The smallest absolute Gasteiger partial charge is 0.0640 e. The molecule has 0 aliphatic rings. The van der Waals surface area contributed by atoms with Gasteiger partial charge in [0.1, 0.15) is 0 Å². The first kappa shape index (κ1) is 17.2. The third-order valence-electron chi connectivity index (χ3n) is 3.83. The third kappa shape index (κ3) is 5.63. The van der Waals surface area contributed by atoms with Crippen LogP contribution in [0.25, 0.3) is 0 Å². The molecule has 0 spiro atoms. The molecule has 0 saturated heterocycles. The van der Waals surface area contributed by atoms with Gasteiger partial charge in [0.25, 0.3) is 0 Å². The van der Waals surface area contributed by atoms with Gasteiger partial charge in [-0.05, 0) is 38.3 Å². The Morgan fingerprint density at radius 3 is 2.65 bits per heavy atom. The average molecular weight is 281 g/mol. The Morgan fingerprint density at radius 1 is 1.30 bits per heavy atom. The summed E-state index contributed by atoms with van der Waals surface area (Å²) in [4.78, 5) is 0. The van der Waals surface area contributed by atoms with Gasteiger partial charge in [-0.25, -0.2) is 0 Å².